The van der Waals surface area contributed by atoms with Crippen molar-refractivity contribution in [1.82, 2.24) is 0 Å². The van der Waals surface area contributed by atoms with E-state index in [1.54, 1.807) is 6.08 Å². The Kier molecular flexibility index (Phi) is 2.55. The Morgan fingerprint density at radius 3 is 2.50 bits per heavy atom. The van der Waals surface area contributed by atoms with Crippen molar-refractivity contribution in [3.63, 3.8) is 0 Å². The zero-order chi connectivity index (χ0) is 9.41. The van der Waals surface area contributed by atoms with Crippen LogP contribution < -0.4 is 0 Å². The van der Waals surface area contributed by atoms with Crippen LogP contribution in [-0.4, -0.2) is 15.6 Å². The second-order valence-electron chi connectivity index (χ2n) is 3.77. The number of rotatable bonds is 4. The summed E-state index contributed by atoms with van der Waals surface area (Å²) in [6.45, 7) is 7.64. The molecular formula is C10H17ClO. The summed E-state index contributed by atoms with van der Waals surface area (Å²) in [4.78, 5) is -0.366. The number of hydrogen-bond acceptors (Lipinski definition) is 1. The minimum Gasteiger partial charge on any atom is -0.387 e. The van der Waals surface area contributed by atoms with Crippen molar-refractivity contribution in [2.24, 2.45) is 5.92 Å². The van der Waals surface area contributed by atoms with Gasteiger partial charge >= 0.3 is 0 Å². The van der Waals surface area contributed by atoms with Crippen LogP contribution in [0.3, 0.4) is 0 Å². The van der Waals surface area contributed by atoms with Crippen molar-refractivity contribution in [3.8, 4) is 0 Å². The maximum Gasteiger partial charge on any atom is 0.0895 e. The molecule has 1 aliphatic rings. The molecule has 0 bridgehead atoms. The van der Waals surface area contributed by atoms with Crippen molar-refractivity contribution in [2.45, 2.75) is 43.6 Å². The molecule has 12 heavy (non-hydrogen) atoms. The van der Waals surface area contributed by atoms with Gasteiger partial charge in [0.25, 0.3) is 0 Å². The van der Waals surface area contributed by atoms with Gasteiger partial charge in [0.15, 0.2) is 0 Å². The van der Waals surface area contributed by atoms with Crippen molar-refractivity contribution < 1.29 is 5.11 Å². The third-order valence-electron chi connectivity index (χ3n) is 3.11. The van der Waals surface area contributed by atoms with E-state index in [0.29, 0.717) is 6.42 Å². The average molecular weight is 189 g/mol. The van der Waals surface area contributed by atoms with Crippen LogP contribution in [0.25, 0.3) is 0 Å². The molecular weight excluding hydrogens is 172 g/mol. The molecule has 0 amide bonds. The van der Waals surface area contributed by atoms with Crippen LogP contribution >= 0.6 is 11.6 Å². The smallest absolute Gasteiger partial charge is 0.0895 e. The maximum absolute atomic E-state index is 10.3. The summed E-state index contributed by atoms with van der Waals surface area (Å²) in [7, 11) is 0. The molecule has 0 radical (unpaired) electrons. The molecule has 0 aromatic heterocycles. The lowest BCUT2D eigenvalue weighted by Gasteiger charge is -2.36. The van der Waals surface area contributed by atoms with Gasteiger partial charge in [-0.1, -0.05) is 19.9 Å². The summed E-state index contributed by atoms with van der Waals surface area (Å²) in [5, 5.41) is 10.3. The third kappa shape index (κ3) is 1.29. The summed E-state index contributed by atoms with van der Waals surface area (Å²) < 4.78 is 0. The second kappa shape index (κ2) is 3.04. The highest BCUT2D eigenvalue weighted by Crippen LogP contribution is 2.55. The van der Waals surface area contributed by atoms with Gasteiger partial charge in [-0.15, -0.1) is 18.2 Å². The number of hydrogen-bond donors (Lipinski definition) is 1. The van der Waals surface area contributed by atoms with Crippen molar-refractivity contribution in [3.05, 3.63) is 12.7 Å². The van der Waals surface area contributed by atoms with Gasteiger partial charge in [-0.05, 0) is 19.3 Å². The monoisotopic (exact) mass is 188 g/mol. The van der Waals surface area contributed by atoms with Crippen LogP contribution in [0.4, 0.5) is 0 Å². The van der Waals surface area contributed by atoms with E-state index in [2.05, 4.69) is 6.58 Å². The van der Waals surface area contributed by atoms with Gasteiger partial charge in [-0.3, -0.25) is 0 Å². The SMILES string of the molecule is C=CC(C)C(O)(CC)C1(Cl)CC1. The largest absolute Gasteiger partial charge is 0.387 e. The first kappa shape index (κ1) is 10.1. The van der Waals surface area contributed by atoms with Crippen LogP contribution in [0, 0.1) is 5.92 Å². The zero-order valence-corrected chi connectivity index (χ0v) is 8.56. The van der Waals surface area contributed by atoms with Crippen LogP contribution in [0.1, 0.15) is 33.1 Å². The van der Waals surface area contributed by atoms with E-state index in [9.17, 15) is 5.11 Å². The normalized spacial score (nSPS) is 27.3. The Hall–Kier alpha value is -0.0100. The first-order chi connectivity index (χ1) is 5.50. The van der Waals surface area contributed by atoms with Gasteiger partial charge in [0.1, 0.15) is 0 Å². The Balaban J connectivity index is 2.81. The quantitative estimate of drug-likeness (QED) is 0.532. The predicted molar refractivity (Wildman–Crippen MR) is 52.4 cm³/mol. The minimum atomic E-state index is -0.754. The molecule has 0 saturated heterocycles. The van der Waals surface area contributed by atoms with Crippen LogP contribution in [0.15, 0.2) is 12.7 Å². The van der Waals surface area contributed by atoms with Crippen LogP contribution in [-0.2, 0) is 0 Å². The van der Waals surface area contributed by atoms with Gasteiger partial charge < -0.3 is 5.11 Å². The Labute approximate surface area is 79.4 Å². The maximum atomic E-state index is 10.3. The summed E-state index contributed by atoms with van der Waals surface area (Å²) >= 11 is 6.23. The van der Waals surface area contributed by atoms with Crippen molar-refractivity contribution in [2.75, 3.05) is 0 Å². The molecule has 70 valence electrons. The molecule has 2 unspecified atom stereocenters. The molecule has 1 N–H and O–H groups in total. The van der Waals surface area contributed by atoms with Crippen molar-refractivity contribution in [1.29, 1.82) is 0 Å². The summed E-state index contributed by atoms with van der Waals surface area (Å²) in [5.41, 5.74) is -0.754. The summed E-state index contributed by atoms with van der Waals surface area (Å²) in [5.74, 6) is 0.0718. The van der Waals surface area contributed by atoms with Gasteiger partial charge in [0, 0.05) is 5.92 Å². The average Bonchev–Trinajstić information content (AvgIpc) is 2.82. The Morgan fingerprint density at radius 1 is 1.75 bits per heavy atom. The highest BCUT2D eigenvalue weighted by Gasteiger charge is 2.58. The van der Waals surface area contributed by atoms with E-state index in [0.717, 1.165) is 12.8 Å². The van der Waals surface area contributed by atoms with E-state index in [-0.39, 0.29) is 10.8 Å². The third-order valence-corrected chi connectivity index (χ3v) is 3.82. The lowest BCUT2D eigenvalue weighted by atomic mass is 9.81. The van der Waals surface area contributed by atoms with Gasteiger partial charge in [-0.25, -0.2) is 0 Å². The first-order valence-corrected chi connectivity index (χ1v) is 4.92. The van der Waals surface area contributed by atoms with E-state index >= 15 is 0 Å². The molecule has 1 saturated carbocycles. The van der Waals surface area contributed by atoms with E-state index in [4.69, 9.17) is 11.6 Å². The fourth-order valence-electron chi connectivity index (χ4n) is 1.78. The van der Waals surface area contributed by atoms with Crippen molar-refractivity contribution >= 4 is 11.6 Å². The molecule has 2 heteroatoms. The van der Waals surface area contributed by atoms with Gasteiger partial charge in [0.2, 0.25) is 0 Å². The Bertz CT molecular complexity index is 186. The van der Waals surface area contributed by atoms with Gasteiger partial charge in [0.05, 0.1) is 10.5 Å². The molecule has 1 nitrogen and oxygen atoms in total. The predicted octanol–water partition coefficient (Wildman–Crippen LogP) is 2.72. The van der Waals surface area contributed by atoms with Gasteiger partial charge in [-0.2, -0.15) is 0 Å². The highest BCUT2D eigenvalue weighted by atomic mass is 35.5. The lowest BCUT2D eigenvalue weighted by molar-refractivity contribution is -0.00964. The van der Waals surface area contributed by atoms with E-state index < -0.39 is 5.60 Å². The molecule has 0 aromatic carbocycles. The molecule has 1 fully saturated rings. The molecule has 0 spiro atoms. The second-order valence-corrected chi connectivity index (χ2v) is 4.49. The number of aliphatic hydroxyl groups is 1. The molecule has 2 atom stereocenters. The van der Waals surface area contributed by atoms with Crippen LogP contribution in [0.5, 0.6) is 0 Å². The molecule has 1 aliphatic carbocycles. The fraction of sp³-hybridized carbons (Fsp3) is 0.800. The molecule has 1 rings (SSSR count). The Morgan fingerprint density at radius 2 is 2.25 bits per heavy atom. The summed E-state index contributed by atoms with van der Waals surface area (Å²) in [6, 6.07) is 0. The van der Waals surface area contributed by atoms with E-state index in [1.165, 1.54) is 0 Å². The first-order valence-electron chi connectivity index (χ1n) is 4.54. The molecule has 0 aromatic rings. The minimum absolute atomic E-state index is 0.0718. The topological polar surface area (TPSA) is 20.2 Å². The zero-order valence-electron chi connectivity index (χ0n) is 7.81. The standard InChI is InChI=1S/C10H17ClO/c1-4-8(3)10(12,5-2)9(11)6-7-9/h4,8,12H,1,5-7H2,2-3H3. The molecule has 0 aliphatic heterocycles. The number of alkyl halides is 1. The lowest BCUT2D eigenvalue weighted by Crippen LogP contribution is -2.45. The fourth-order valence-corrected chi connectivity index (χ4v) is 2.18. The molecule has 0 heterocycles. The van der Waals surface area contributed by atoms with E-state index in [1.807, 2.05) is 13.8 Å². The van der Waals surface area contributed by atoms with Crippen LogP contribution in [0.2, 0.25) is 0 Å². The highest BCUT2D eigenvalue weighted by molar-refractivity contribution is 6.26. The number of halogens is 1. The summed E-state index contributed by atoms with van der Waals surface area (Å²) in [6.07, 6.45) is 4.34.